The number of nitrogens with two attached hydrogens (primary N) is 1. The van der Waals surface area contributed by atoms with Gasteiger partial charge in [0.25, 0.3) is 0 Å². The van der Waals surface area contributed by atoms with Crippen molar-refractivity contribution < 1.29 is 9.53 Å². The van der Waals surface area contributed by atoms with Gasteiger partial charge in [0.15, 0.2) is 0 Å². The molecule has 1 aromatic carbocycles. The average molecular weight is 220 g/mol. The monoisotopic (exact) mass is 220 g/mol. The Balaban J connectivity index is 1.97. The molecule has 1 aliphatic heterocycles. The molecule has 0 aromatic heterocycles. The zero-order valence-electron chi connectivity index (χ0n) is 9.35. The maximum absolute atomic E-state index is 11.7. The fraction of sp³-hybridized carbons (Fsp3) is 0.417. The van der Waals surface area contributed by atoms with Crippen LogP contribution in [0.2, 0.25) is 0 Å². The number of carbonyl (C=O) groups excluding carboxylic acids is 1. The van der Waals surface area contributed by atoms with E-state index in [1.807, 2.05) is 25.1 Å². The number of hydrogen-bond donors (Lipinski definition) is 1. The smallest absolute Gasteiger partial charge is 0.410 e. The van der Waals surface area contributed by atoms with Crippen molar-refractivity contribution in [3.63, 3.8) is 0 Å². The summed E-state index contributed by atoms with van der Waals surface area (Å²) in [5.41, 5.74) is 6.80. The van der Waals surface area contributed by atoms with Crippen molar-refractivity contribution in [3.05, 3.63) is 29.8 Å². The van der Waals surface area contributed by atoms with Gasteiger partial charge in [0.1, 0.15) is 5.75 Å². The van der Waals surface area contributed by atoms with E-state index < -0.39 is 0 Å². The van der Waals surface area contributed by atoms with E-state index in [0.29, 0.717) is 18.8 Å². The van der Waals surface area contributed by atoms with E-state index in [1.54, 1.807) is 11.0 Å². The molecule has 86 valence electrons. The molecule has 0 radical (unpaired) electrons. The summed E-state index contributed by atoms with van der Waals surface area (Å²) in [6.45, 7) is 3.24. The Hall–Kier alpha value is -1.55. The van der Waals surface area contributed by atoms with E-state index in [9.17, 15) is 4.79 Å². The molecule has 1 amide bonds. The Morgan fingerprint density at radius 2 is 2.38 bits per heavy atom. The third kappa shape index (κ3) is 2.52. The molecule has 1 saturated heterocycles. The lowest BCUT2D eigenvalue weighted by Crippen LogP contribution is -2.33. The molecule has 16 heavy (non-hydrogen) atoms. The number of ether oxygens (including phenoxy) is 1. The van der Waals surface area contributed by atoms with Crippen LogP contribution in [0.3, 0.4) is 0 Å². The van der Waals surface area contributed by atoms with Crippen LogP contribution in [0.25, 0.3) is 0 Å². The van der Waals surface area contributed by atoms with Crippen molar-refractivity contribution in [2.24, 2.45) is 5.73 Å². The summed E-state index contributed by atoms with van der Waals surface area (Å²) < 4.78 is 5.26. The van der Waals surface area contributed by atoms with E-state index in [4.69, 9.17) is 10.5 Å². The summed E-state index contributed by atoms with van der Waals surface area (Å²) in [5.74, 6) is 0.588. The van der Waals surface area contributed by atoms with E-state index in [2.05, 4.69) is 0 Å². The van der Waals surface area contributed by atoms with Crippen LogP contribution in [0.5, 0.6) is 5.75 Å². The fourth-order valence-electron chi connectivity index (χ4n) is 1.80. The predicted molar refractivity (Wildman–Crippen MR) is 61.4 cm³/mol. The summed E-state index contributed by atoms with van der Waals surface area (Å²) in [7, 11) is 0. The molecule has 1 fully saturated rings. The van der Waals surface area contributed by atoms with Gasteiger partial charge in [-0.05, 0) is 31.0 Å². The molecule has 4 nitrogen and oxygen atoms in total. The molecule has 1 aliphatic rings. The average Bonchev–Trinajstić information content (AvgIpc) is 2.65. The molecule has 1 heterocycles. The molecule has 0 saturated carbocycles. The standard InChI is InChI=1S/C12H16N2O2/c1-9-3-2-4-11(7-9)16-12(15)14-6-5-10(13)8-14/h2-4,7,10H,5-6,8,13H2,1H3. The van der Waals surface area contributed by atoms with Crippen molar-refractivity contribution in [2.45, 2.75) is 19.4 Å². The van der Waals surface area contributed by atoms with E-state index in [1.165, 1.54) is 0 Å². The lowest BCUT2D eigenvalue weighted by atomic mass is 10.2. The lowest BCUT2D eigenvalue weighted by Gasteiger charge is -2.15. The van der Waals surface area contributed by atoms with Crippen molar-refractivity contribution in [1.29, 1.82) is 0 Å². The highest BCUT2D eigenvalue weighted by Crippen LogP contribution is 2.15. The highest BCUT2D eigenvalue weighted by molar-refractivity contribution is 5.71. The minimum absolute atomic E-state index is 0.0880. The van der Waals surface area contributed by atoms with Gasteiger partial charge in [0.05, 0.1) is 0 Å². The Morgan fingerprint density at radius 1 is 1.56 bits per heavy atom. The zero-order valence-corrected chi connectivity index (χ0v) is 9.35. The van der Waals surface area contributed by atoms with Crippen LogP contribution in [0.15, 0.2) is 24.3 Å². The van der Waals surface area contributed by atoms with Crippen LogP contribution < -0.4 is 10.5 Å². The number of nitrogens with zero attached hydrogens (tertiary/aromatic N) is 1. The number of hydrogen-bond acceptors (Lipinski definition) is 3. The van der Waals surface area contributed by atoms with E-state index in [-0.39, 0.29) is 12.1 Å². The fourth-order valence-corrected chi connectivity index (χ4v) is 1.80. The Kier molecular flexibility index (Phi) is 3.10. The molecule has 0 spiro atoms. The maximum atomic E-state index is 11.7. The Bertz CT molecular complexity index is 392. The van der Waals surface area contributed by atoms with Gasteiger partial charge in [0.2, 0.25) is 0 Å². The van der Waals surface area contributed by atoms with Crippen LogP contribution in [0.4, 0.5) is 4.79 Å². The quantitative estimate of drug-likeness (QED) is 0.780. The molecule has 0 aliphatic carbocycles. The SMILES string of the molecule is Cc1cccc(OC(=O)N2CCC(N)C2)c1. The van der Waals surface area contributed by atoms with Crippen LogP contribution in [0.1, 0.15) is 12.0 Å². The van der Waals surface area contributed by atoms with Gasteiger partial charge in [-0.3, -0.25) is 0 Å². The van der Waals surface area contributed by atoms with Crippen molar-refractivity contribution in [3.8, 4) is 5.75 Å². The molecule has 1 atom stereocenters. The summed E-state index contributed by atoms with van der Waals surface area (Å²) >= 11 is 0. The van der Waals surface area contributed by atoms with E-state index in [0.717, 1.165) is 12.0 Å². The molecule has 2 N–H and O–H groups in total. The first-order chi connectivity index (χ1) is 7.65. The first-order valence-corrected chi connectivity index (χ1v) is 5.44. The summed E-state index contributed by atoms with van der Waals surface area (Å²) in [6, 6.07) is 7.54. The molecule has 2 rings (SSSR count). The largest absolute Gasteiger partial charge is 0.415 e. The maximum Gasteiger partial charge on any atom is 0.415 e. The van der Waals surface area contributed by atoms with Gasteiger partial charge in [0, 0.05) is 19.1 Å². The molecule has 1 unspecified atom stereocenters. The Morgan fingerprint density at radius 3 is 3.00 bits per heavy atom. The van der Waals surface area contributed by atoms with Gasteiger partial charge >= 0.3 is 6.09 Å². The van der Waals surface area contributed by atoms with Crippen LogP contribution in [-0.4, -0.2) is 30.1 Å². The predicted octanol–water partition coefficient (Wildman–Crippen LogP) is 1.53. The third-order valence-electron chi connectivity index (χ3n) is 2.68. The second kappa shape index (κ2) is 4.53. The molecule has 4 heteroatoms. The molecular formula is C12H16N2O2. The highest BCUT2D eigenvalue weighted by atomic mass is 16.6. The number of rotatable bonds is 1. The number of benzene rings is 1. The molecule has 1 aromatic rings. The minimum Gasteiger partial charge on any atom is -0.410 e. The molecular weight excluding hydrogens is 204 g/mol. The van der Waals surface area contributed by atoms with Gasteiger partial charge in [-0.1, -0.05) is 12.1 Å². The zero-order chi connectivity index (χ0) is 11.5. The van der Waals surface area contributed by atoms with Crippen molar-refractivity contribution >= 4 is 6.09 Å². The van der Waals surface area contributed by atoms with Crippen molar-refractivity contribution in [2.75, 3.05) is 13.1 Å². The highest BCUT2D eigenvalue weighted by Gasteiger charge is 2.24. The van der Waals surface area contributed by atoms with Crippen LogP contribution in [0, 0.1) is 6.92 Å². The number of aryl methyl sites for hydroxylation is 1. The normalized spacial score (nSPS) is 19.9. The number of amides is 1. The van der Waals surface area contributed by atoms with Gasteiger partial charge < -0.3 is 15.4 Å². The second-order valence-electron chi connectivity index (χ2n) is 4.18. The minimum atomic E-state index is -0.307. The summed E-state index contributed by atoms with van der Waals surface area (Å²) in [5, 5.41) is 0. The van der Waals surface area contributed by atoms with E-state index >= 15 is 0 Å². The summed E-state index contributed by atoms with van der Waals surface area (Å²) in [4.78, 5) is 13.4. The number of likely N-dealkylation sites (tertiary alicyclic amines) is 1. The first kappa shape index (κ1) is 11.0. The number of carbonyl (C=O) groups is 1. The van der Waals surface area contributed by atoms with Gasteiger partial charge in [-0.25, -0.2) is 4.79 Å². The Labute approximate surface area is 95.0 Å². The lowest BCUT2D eigenvalue weighted by molar-refractivity contribution is 0.162. The van der Waals surface area contributed by atoms with Gasteiger partial charge in [-0.2, -0.15) is 0 Å². The third-order valence-corrected chi connectivity index (χ3v) is 2.68. The molecule has 0 bridgehead atoms. The topological polar surface area (TPSA) is 55.6 Å². The van der Waals surface area contributed by atoms with Crippen molar-refractivity contribution in [1.82, 2.24) is 4.90 Å². The summed E-state index contributed by atoms with van der Waals surface area (Å²) in [6.07, 6.45) is 0.543. The van der Waals surface area contributed by atoms with Gasteiger partial charge in [-0.15, -0.1) is 0 Å². The van der Waals surface area contributed by atoms with Crippen LogP contribution in [-0.2, 0) is 0 Å². The first-order valence-electron chi connectivity index (χ1n) is 5.44. The second-order valence-corrected chi connectivity index (χ2v) is 4.18. The van der Waals surface area contributed by atoms with Crippen LogP contribution >= 0.6 is 0 Å².